The lowest BCUT2D eigenvalue weighted by Crippen LogP contribution is -2.50. The smallest absolute Gasteiger partial charge is 0.254 e. The minimum absolute atomic E-state index is 0.0477. The van der Waals surface area contributed by atoms with E-state index in [-0.39, 0.29) is 17.7 Å². The number of likely N-dealkylation sites (tertiary alicyclic amines) is 1. The monoisotopic (exact) mass is 370 g/mol. The van der Waals surface area contributed by atoms with Gasteiger partial charge in [-0.25, -0.2) is 0 Å². The highest BCUT2D eigenvalue weighted by molar-refractivity contribution is 5.99. The molecule has 3 heterocycles. The second-order valence-corrected chi connectivity index (χ2v) is 7.06. The number of pyridine rings is 1. The molecule has 138 valence electrons. The molecule has 0 saturated carbocycles. The molecule has 28 heavy (non-hydrogen) atoms. The molecule has 0 bridgehead atoms. The molecule has 0 aliphatic carbocycles. The molecular formula is C22H18N4O2. The first-order valence-electron chi connectivity index (χ1n) is 9.14. The van der Waals surface area contributed by atoms with E-state index in [1.54, 1.807) is 18.5 Å². The van der Waals surface area contributed by atoms with Gasteiger partial charge in [0, 0.05) is 42.8 Å². The topological polar surface area (TPSA) is 71.2 Å². The van der Waals surface area contributed by atoms with Crippen molar-refractivity contribution in [1.82, 2.24) is 19.7 Å². The zero-order valence-corrected chi connectivity index (χ0v) is 15.1. The van der Waals surface area contributed by atoms with Gasteiger partial charge >= 0.3 is 0 Å². The van der Waals surface area contributed by atoms with Crippen molar-refractivity contribution in [3.8, 4) is 16.9 Å². The molecule has 1 amide bonds. The molecular weight excluding hydrogens is 352 g/mol. The summed E-state index contributed by atoms with van der Waals surface area (Å²) in [5.41, 5.74) is 2.52. The molecule has 1 aliphatic heterocycles. The maximum Gasteiger partial charge on any atom is 0.254 e. The Labute approximate surface area is 161 Å². The second kappa shape index (κ2) is 6.49. The highest BCUT2D eigenvalue weighted by atomic mass is 16.3. The van der Waals surface area contributed by atoms with Crippen molar-refractivity contribution < 1.29 is 9.90 Å². The van der Waals surface area contributed by atoms with Crippen LogP contribution in [0.3, 0.4) is 0 Å². The Balaban J connectivity index is 1.37. The zero-order valence-electron chi connectivity index (χ0n) is 15.1. The van der Waals surface area contributed by atoms with Crippen LogP contribution in [0.15, 0.2) is 73.3 Å². The molecule has 1 saturated heterocycles. The number of nitrogens with zero attached hydrogens (tertiary/aromatic N) is 4. The van der Waals surface area contributed by atoms with Crippen molar-refractivity contribution in [3.63, 3.8) is 0 Å². The molecule has 1 fully saturated rings. The summed E-state index contributed by atoms with van der Waals surface area (Å²) in [5, 5.41) is 15.9. The number of hydrogen-bond acceptors (Lipinski definition) is 4. The second-order valence-electron chi connectivity index (χ2n) is 7.06. The van der Waals surface area contributed by atoms with Crippen LogP contribution in [0.25, 0.3) is 21.9 Å². The summed E-state index contributed by atoms with van der Waals surface area (Å²) in [6, 6.07) is 15.6. The molecule has 2 aromatic heterocycles. The first kappa shape index (κ1) is 16.5. The largest absolute Gasteiger partial charge is 0.506 e. The van der Waals surface area contributed by atoms with Gasteiger partial charge in [-0.3, -0.25) is 14.5 Å². The average molecular weight is 370 g/mol. The van der Waals surface area contributed by atoms with Crippen LogP contribution in [0.2, 0.25) is 0 Å². The molecule has 0 spiro atoms. The van der Waals surface area contributed by atoms with Crippen LogP contribution in [0, 0.1) is 0 Å². The number of aromatic hydroxyl groups is 1. The standard InChI is InChI=1S/C22H18N4O2/c27-21-10-19(11-23-12-21)17-3-2-16-9-18(5-4-15(16)8-17)22(28)25-13-20(14-25)26-7-1-6-24-26/h1-12,20,27H,13-14H2. The van der Waals surface area contributed by atoms with Gasteiger partial charge in [0.15, 0.2) is 0 Å². The van der Waals surface area contributed by atoms with Crippen molar-refractivity contribution in [2.45, 2.75) is 6.04 Å². The van der Waals surface area contributed by atoms with E-state index in [0.717, 1.165) is 21.9 Å². The first-order chi connectivity index (χ1) is 13.7. The van der Waals surface area contributed by atoms with Crippen LogP contribution in [0.5, 0.6) is 5.75 Å². The Kier molecular flexibility index (Phi) is 3.83. The predicted molar refractivity (Wildman–Crippen MR) is 106 cm³/mol. The van der Waals surface area contributed by atoms with Crippen LogP contribution in [-0.4, -0.2) is 43.8 Å². The number of rotatable bonds is 3. The van der Waals surface area contributed by atoms with Crippen LogP contribution >= 0.6 is 0 Å². The van der Waals surface area contributed by atoms with E-state index in [0.29, 0.717) is 18.7 Å². The van der Waals surface area contributed by atoms with Crippen molar-refractivity contribution in [2.75, 3.05) is 13.1 Å². The molecule has 0 atom stereocenters. The number of carbonyl (C=O) groups is 1. The number of carbonyl (C=O) groups excluding carboxylic acids is 1. The molecule has 4 aromatic rings. The van der Waals surface area contributed by atoms with Gasteiger partial charge in [-0.15, -0.1) is 0 Å². The van der Waals surface area contributed by atoms with Gasteiger partial charge in [-0.2, -0.15) is 5.10 Å². The molecule has 0 unspecified atom stereocenters. The van der Waals surface area contributed by atoms with Crippen LogP contribution in [0.1, 0.15) is 16.4 Å². The summed E-state index contributed by atoms with van der Waals surface area (Å²) in [5.74, 6) is 0.188. The Morgan fingerprint density at radius 3 is 2.61 bits per heavy atom. The lowest BCUT2D eigenvalue weighted by Gasteiger charge is -2.39. The fourth-order valence-corrected chi connectivity index (χ4v) is 3.61. The summed E-state index contributed by atoms with van der Waals surface area (Å²) in [4.78, 5) is 18.7. The quantitative estimate of drug-likeness (QED) is 0.599. The summed E-state index contributed by atoms with van der Waals surface area (Å²) in [6.07, 6.45) is 6.82. The average Bonchev–Trinajstić information content (AvgIpc) is 3.20. The maximum absolute atomic E-state index is 12.8. The summed E-state index contributed by atoms with van der Waals surface area (Å²) >= 11 is 0. The van der Waals surface area contributed by atoms with Crippen molar-refractivity contribution in [3.05, 3.63) is 78.9 Å². The highest BCUT2D eigenvalue weighted by Crippen LogP contribution is 2.28. The number of aromatic nitrogens is 3. The Morgan fingerprint density at radius 2 is 1.82 bits per heavy atom. The minimum Gasteiger partial charge on any atom is -0.506 e. The van der Waals surface area contributed by atoms with E-state index in [1.165, 1.54) is 6.20 Å². The third-order valence-electron chi connectivity index (χ3n) is 5.19. The van der Waals surface area contributed by atoms with E-state index in [9.17, 15) is 9.90 Å². The Bertz CT molecular complexity index is 1160. The predicted octanol–water partition coefficient (Wildman–Crippen LogP) is 3.50. The molecule has 0 radical (unpaired) electrons. The van der Waals surface area contributed by atoms with Crippen molar-refractivity contribution >= 4 is 16.7 Å². The van der Waals surface area contributed by atoms with E-state index in [2.05, 4.69) is 10.1 Å². The minimum atomic E-state index is 0.0477. The molecule has 6 nitrogen and oxygen atoms in total. The Hall–Kier alpha value is -3.67. The summed E-state index contributed by atoms with van der Waals surface area (Å²) in [6.45, 7) is 1.37. The number of fused-ring (bicyclic) bond motifs is 1. The highest BCUT2D eigenvalue weighted by Gasteiger charge is 2.32. The van der Waals surface area contributed by atoms with Crippen LogP contribution in [-0.2, 0) is 0 Å². The van der Waals surface area contributed by atoms with E-state index in [1.807, 2.05) is 58.2 Å². The lowest BCUT2D eigenvalue weighted by molar-refractivity contribution is 0.0502. The molecule has 1 N–H and O–H groups in total. The van der Waals surface area contributed by atoms with Gasteiger partial charge in [-0.1, -0.05) is 18.2 Å². The van der Waals surface area contributed by atoms with Gasteiger partial charge in [0.1, 0.15) is 5.75 Å². The van der Waals surface area contributed by atoms with Gasteiger partial charge in [0.2, 0.25) is 0 Å². The Morgan fingerprint density at radius 1 is 1.00 bits per heavy atom. The molecule has 1 aliphatic rings. The maximum atomic E-state index is 12.8. The normalized spacial score (nSPS) is 14.2. The third kappa shape index (κ3) is 2.89. The van der Waals surface area contributed by atoms with Crippen molar-refractivity contribution in [1.29, 1.82) is 0 Å². The van der Waals surface area contributed by atoms with Gasteiger partial charge in [0.05, 0.1) is 12.2 Å². The van der Waals surface area contributed by atoms with Crippen molar-refractivity contribution in [2.24, 2.45) is 0 Å². The van der Waals surface area contributed by atoms with E-state index < -0.39 is 0 Å². The fourth-order valence-electron chi connectivity index (χ4n) is 3.61. The van der Waals surface area contributed by atoms with E-state index in [4.69, 9.17) is 0 Å². The van der Waals surface area contributed by atoms with Gasteiger partial charge in [0.25, 0.3) is 5.91 Å². The van der Waals surface area contributed by atoms with Gasteiger partial charge < -0.3 is 10.0 Å². The fraction of sp³-hybridized carbons (Fsp3) is 0.136. The third-order valence-corrected chi connectivity index (χ3v) is 5.19. The van der Waals surface area contributed by atoms with E-state index >= 15 is 0 Å². The first-order valence-corrected chi connectivity index (χ1v) is 9.14. The molecule has 2 aromatic carbocycles. The summed E-state index contributed by atoms with van der Waals surface area (Å²) < 4.78 is 1.90. The number of amides is 1. The summed E-state index contributed by atoms with van der Waals surface area (Å²) in [7, 11) is 0. The lowest BCUT2D eigenvalue weighted by atomic mass is 9.99. The zero-order chi connectivity index (χ0) is 19.1. The molecule has 6 heteroatoms. The van der Waals surface area contributed by atoms with Crippen LogP contribution in [0.4, 0.5) is 0 Å². The number of hydrogen-bond donors (Lipinski definition) is 1. The SMILES string of the molecule is O=C(c1ccc2cc(-c3cncc(O)c3)ccc2c1)N1CC(n2cccn2)C1. The van der Waals surface area contributed by atoms with Crippen LogP contribution < -0.4 is 0 Å². The number of benzene rings is 2. The molecule has 5 rings (SSSR count). The van der Waals surface area contributed by atoms with Gasteiger partial charge in [-0.05, 0) is 46.7 Å².